The van der Waals surface area contributed by atoms with Crippen molar-refractivity contribution in [3.05, 3.63) is 33.8 Å². The molecular weight excluding hydrogens is 286 g/mol. The summed E-state index contributed by atoms with van der Waals surface area (Å²) in [5.74, 6) is 0.994. The van der Waals surface area contributed by atoms with Crippen LogP contribution < -0.4 is 10.6 Å². The van der Waals surface area contributed by atoms with Crippen LogP contribution in [0.15, 0.2) is 12.4 Å². The summed E-state index contributed by atoms with van der Waals surface area (Å²) in [5.41, 5.74) is 1.04. The summed E-state index contributed by atoms with van der Waals surface area (Å²) in [6.07, 6.45) is 4.61. The Labute approximate surface area is 128 Å². The third-order valence-electron chi connectivity index (χ3n) is 3.26. The number of carbonyl (C=O) groups excluding carboxylic acids is 1. The number of rotatable bonds is 6. The van der Waals surface area contributed by atoms with Crippen molar-refractivity contribution >= 4 is 17.4 Å². The number of aromatic nitrogens is 3. The Morgan fingerprint density at radius 2 is 2.14 bits per heavy atom. The minimum atomic E-state index is -0.150. The van der Waals surface area contributed by atoms with E-state index >= 15 is 0 Å². The van der Waals surface area contributed by atoms with Crippen molar-refractivity contribution in [2.45, 2.75) is 40.3 Å². The monoisotopic (exact) mass is 307 g/mol. The van der Waals surface area contributed by atoms with Crippen LogP contribution in [-0.4, -0.2) is 27.1 Å². The summed E-state index contributed by atoms with van der Waals surface area (Å²) in [6.45, 7) is 7.96. The number of amides is 2. The Morgan fingerprint density at radius 1 is 1.33 bits per heavy atom. The first-order chi connectivity index (χ1) is 10.1. The lowest BCUT2D eigenvalue weighted by atomic mass is 10.4. The van der Waals surface area contributed by atoms with E-state index in [4.69, 9.17) is 0 Å². The molecule has 2 heterocycles. The largest absolute Gasteiger partial charge is 0.338 e. The Morgan fingerprint density at radius 3 is 2.76 bits per heavy atom. The Balaban J connectivity index is 1.62. The number of nitrogens with zero attached hydrogens (tertiary/aromatic N) is 3. The normalized spacial score (nSPS) is 10.6. The minimum Gasteiger partial charge on any atom is -0.338 e. The second-order valence-electron chi connectivity index (χ2n) is 4.88. The highest BCUT2D eigenvalue weighted by Gasteiger charge is 2.05. The van der Waals surface area contributed by atoms with E-state index in [1.807, 2.05) is 27.0 Å². The number of thiazole rings is 1. The summed E-state index contributed by atoms with van der Waals surface area (Å²) >= 11 is 1.62. The first-order valence-electron chi connectivity index (χ1n) is 6.98. The van der Waals surface area contributed by atoms with Crippen molar-refractivity contribution in [3.63, 3.8) is 0 Å². The van der Waals surface area contributed by atoms with E-state index in [1.165, 1.54) is 4.88 Å². The van der Waals surface area contributed by atoms with Gasteiger partial charge in [-0.3, -0.25) is 0 Å². The molecule has 21 heavy (non-hydrogen) atoms. The van der Waals surface area contributed by atoms with Gasteiger partial charge < -0.3 is 15.2 Å². The summed E-state index contributed by atoms with van der Waals surface area (Å²) in [4.78, 5) is 21.4. The van der Waals surface area contributed by atoms with E-state index in [0.717, 1.165) is 29.5 Å². The van der Waals surface area contributed by atoms with Crippen molar-refractivity contribution < 1.29 is 4.79 Å². The number of urea groups is 1. The van der Waals surface area contributed by atoms with Crippen LogP contribution in [0.25, 0.3) is 0 Å². The molecule has 0 atom stereocenters. The molecule has 0 aliphatic rings. The number of hydrogen-bond acceptors (Lipinski definition) is 4. The van der Waals surface area contributed by atoms with Crippen molar-refractivity contribution in [1.29, 1.82) is 0 Å². The molecule has 0 aromatic carbocycles. The van der Waals surface area contributed by atoms with Gasteiger partial charge in [-0.25, -0.2) is 14.8 Å². The third kappa shape index (κ3) is 4.56. The molecule has 114 valence electrons. The standard InChI is InChI=1S/C14H21N5OS/c1-10-11(2)21-13(18-10)9-17-14(20)16-5-4-7-19-8-6-15-12(19)3/h6,8H,4-5,7,9H2,1-3H3,(H2,16,17,20). The van der Waals surface area contributed by atoms with E-state index in [1.54, 1.807) is 17.5 Å². The predicted molar refractivity (Wildman–Crippen MR) is 83.4 cm³/mol. The molecule has 0 saturated heterocycles. The van der Waals surface area contributed by atoms with Gasteiger partial charge in [0.15, 0.2) is 0 Å². The van der Waals surface area contributed by atoms with Crippen LogP contribution in [-0.2, 0) is 13.1 Å². The molecule has 0 aliphatic carbocycles. The molecule has 0 radical (unpaired) electrons. The second kappa shape index (κ2) is 7.21. The number of nitrogens with one attached hydrogen (secondary N) is 2. The van der Waals surface area contributed by atoms with Crippen LogP contribution in [0.5, 0.6) is 0 Å². The molecule has 2 rings (SSSR count). The molecule has 2 N–H and O–H groups in total. The summed E-state index contributed by atoms with van der Waals surface area (Å²) in [5, 5.41) is 6.61. The van der Waals surface area contributed by atoms with Crippen LogP contribution in [0.2, 0.25) is 0 Å². The second-order valence-corrected chi connectivity index (χ2v) is 6.17. The van der Waals surface area contributed by atoms with Gasteiger partial charge in [0.2, 0.25) is 0 Å². The number of hydrogen-bond donors (Lipinski definition) is 2. The van der Waals surface area contributed by atoms with Crippen molar-refractivity contribution in [1.82, 2.24) is 25.2 Å². The van der Waals surface area contributed by atoms with Gasteiger partial charge in [0.25, 0.3) is 0 Å². The molecule has 2 aromatic heterocycles. The topological polar surface area (TPSA) is 71.8 Å². The molecule has 2 aromatic rings. The summed E-state index contributed by atoms with van der Waals surface area (Å²) in [7, 11) is 0. The zero-order valence-corrected chi connectivity index (χ0v) is 13.5. The smallest absolute Gasteiger partial charge is 0.315 e. The van der Waals surface area contributed by atoms with Gasteiger partial charge >= 0.3 is 6.03 Å². The quantitative estimate of drug-likeness (QED) is 0.803. The fourth-order valence-electron chi connectivity index (χ4n) is 1.92. The highest BCUT2D eigenvalue weighted by Crippen LogP contribution is 2.15. The lowest BCUT2D eigenvalue weighted by Gasteiger charge is -2.07. The van der Waals surface area contributed by atoms with Gasteiger partial charge in [0.05, 0.1) is 12.2 Å². The molecule has 0 bridgehead atoms. The van der Waals surface area contributed by atoms with E-state index in [-0.39, 0.29) is 6.03 Å². The lowest BCUT2D eigenvalue weighted by molar-refractivity contribution is 0.240. The molecule has 6 nitrogen and oxygen atoms in total. The van der Waals surface area contributed by atoms with Crippen molar-refractivity contribution in [3.8, 4) is 0 Å². The molecule has 0 aliphatic heterocycles. The van der Waals surface area contributed by atoms with Crippen LogP contribution in [0.4, 0.5) is 4.79 Å². The zero-order chi connectivity index (χ0) is 15.2. The van der Waals surface area contributed by atoms with Gasteiger partial charge in [0.1, 0.15) is 10.8 Å². The molecule has 2 amide bonds. The van der Waals surface area contributed by atoms with Gasteiger partial charge in [0, 0.05) is 30.4 Å². The maximum absolute atomic E-state index is 11.7. The van der Waals surface area contributed by atoms with Crippen LogP contribution in [0.3, 0.4) is 0 Å². The third-order valence-corrected chi connectivity index (χ3v) is 4.33. The SMILES string of the molecule is Cc1nc(CNC(=O)NCCCn2ccnc2C)sc1C. The van der Waals surface area contributed by atoms with Crippen molar-refractivity contribution in [2.75, 3.05) is 6.54 Å². The summed E-state index contributed by atoms with van der Waals surface area (Å²) in [6, 6.07) is -0.150. The Bertz CT molecular complexity index is 585. The van der Waals surface area contributed by atoms with Crippen LogP contribution in [0, 0.1) is 20.8 Å². The Kier molecular flexibility index (Phi) is 5.32. The van der Waals surface area contributed by atoms with Crippen molar-refractivity contribution in [2.24, 2.45) is 0 Å². The highest BCUT2D eigenvalue weighted by atomic mass is 32.1. The predicted octanol–water partition coefficient (Wildman–Crippen LogP) is 2.15. The number of imidazole rings is 1. The molecular formula is C14H21N5OS. The van der Waals surface area contributed by atoms with E-state index in [9.17, 15) is 4.79 Å². The first-order valence-corrected chi connectivity index (χ1v) is 7.80. The summed E-state index contributed by atoms with van der Waals surface area (Å²) < 4.78 is 2.07. The maximum atomic E-state index is 11.7. The van der Waals surface area contributed by atoms with Crippen LogP contribution >= 0.6 is 11.3 Å². The van der Waals surface area contributed by atoms with Gasteiger partial charge in [-0.15, -0.1) is 11.3 Å². The van der Waals surface area contributed by atoms with Crippen LogP contribution in [0.1, 0.15) is 27.8 Å². The fourth-order valence-corrected chi connectivity index (χ4v) is 2.80. The lowest BCUT2D eigenvalue weighted by Crippen LogP contribution is -2.35. The first kappa shape index (κ1) is 15.5. The average molecular weight is 307 g/mol. The Hall–Kier alpha value is -1.89. The number of aryl methyl sites for hydroxylation is 4. The maximum Gasteiger partial charge on any atom is 0.315 e. The fraction of sp³-hybridized carbons (Fsp3) is 0.500. The zero-order valence-electron chi connectivity index (χ0n) is 12.6. The van der Waals surface area contributed by atoms with E-state index < -0.39 is 0 Å². The van der Waals surface area contributed by atoms with E-state index in [2.05, 4.69) is 25.2 Å². The van der Waals surface area contributed by atoms with Gasteiger partial charge in [-0.05, 0) is 27.2 Å². The molecule has 0 spiro atoms. The molecule has 0 saturated carbocycles. The van der Waals surface area contributed by atoms with Gasteiger partial charge in [-0.2, -0.15) is 0 Å². The van der Waals surface area contributed by atoms with Gasteiger partial charge in [-0.1, -0.05) is 0 Å². The molecule has 0 fully saturated rings. The van der Waals surface area contributed by atoms with E-state index in [0.29, 0.717) is 13.1 Å². The highest BCUT2D eigenvalue weighted by molar-refractivity contribution is 7.11. The minimum absolute atomic E-state index is 0.150. The molecule has 0 unspecified atom stereocenters. The molecule has 7 heteroatoms. The number of carbonyl (C=O) groups is 1. The average Bonchev–Trinajstić information content (AvgIpc) is 2.99.